The summed E-state index contributed by atoms with van der Waals surface area (Å²) in [5.74, 6) is 0.243. The minimum atomic E-state index is -0.484. The molecule has 0 aliphatic rings. The summed E-state index contributed by atoms with van der Waals surface area (Å²) in [6, 6.07) is 6.59. The van der Waals surface area contributed by atoms with Crippen LogP contribution in [0.1, 0.15) is 13.3 Å². The third-order valence-corrected chi connectivity index (χ3v) is 3.36. The first-order valence-electron chi connectivity index (χ1n) is 7.04. The van der Waals surface area contributed by atoms with E-state index in [-0.39, 0.29) is 29.1 Å². The molecule has 2 aromatic carbocycles. The van der Waals surface area contributed by atoms with Crippen molar-refractivity contribution in [2.75, 3.05) is 21.3 Å². The van der Waals surface area contributed by atoms with Crippen LogP contribution in [-0.4, -0.2) is 27.3 Å². The first-order valence-corrected chi connectivity index (χ1v) is 7.04. The van der Waals surface area contributed by atoms with Crippen molar-refractivity contribution >= 4 is 16.7 Å². The molecule has 6 nitrogen and oxygen atoms in total. The van der Waals surface area contributed by atoms with Crippen LogP contribution in [0.3, 0.4) is 0 Å². The number of carbonyl (C=O) groups is 1. The molecule has 2 aromatic rings. The number of hydrogen-bond donors (Lipinski definition) is 0. The Hall–Kier alpha value is -2.76. The van der Waals surface area contributed by atoms with E-state index < -0.39 is 11.4 Å². The maximum atomic E-state index is 12.7. The minimum Gasteiger partial charge on any atom is -0.493 e. The molecule has 0 fully saturated rings. The van der Waals surface area contributed by atoms with E-state index in [4.69, 9.17) is 18.9 Å². The molecule has 0 aliphatic heterocycles. The second-order valence-corrected chi connectivity index (χ2v) is 4.66. The monoisotopic (exact) mass is 318 g/mol. The highest BCUT2D eigenvalue weighted by Crippen LogP contribution is 2.42. The molecule has 0 N–H and O–H groups in total. The zero-order valence-electron chi connectivity index (χ0n) is 13.5. The maximum Gasteiger partial charge on any atom is 0.311 e. The third kappa shape index (κ3) is 3.06. The van der Waals surface area contributed by atoms with Gasteiger partial charge in [0, 0.05) is 6.42 Å². The van der Waals surface area contributed by atoms with Gasteiger partial charge in [-0.1, -0.05) is 19.1 Å². The molecule has 0 saturated heterocycles. The van der Waals surface area contributed by atoms with Gasteiger partial charge in [0.05, 0.1) is 26.7 Å². The molecule has 0 atom stereocenters. The van der Waals surface area contributed by atoms with Crippen molar-refractivity contribution in [3.05, 3.63) is 34.5 Å². The Balaban J connectivity index is 2.97. The zero-order valence-corrected chi connectivity index (χ0v) is 13.5. The van der Waals surface area contributed by atoms with E-state index in [1.165, 1.54) is 21.3 Å². The first kappa shape index (κ1) is 16.6. The van der Waals surface area contributed by atoms with Crippen LogP contribution in [-0.2, 0) is 4.79 Å². The number of methoxy groups -OCH3 is 3. The summed E-state index contributed by atoms with van der Waals surface area (Å²) in [5.41, 5.74) is -0.396. The van der Waals surface area contributed by atoms with E-state index in [2.05, 4.69) is 0 Å². The number of fused-ring (bicyclic) bond motifs is 1. The highest BCUT2D eigenvalue weighted by Gasteiger charge is 2.21. The van der Waals surface area contributed by atoms with Crippen LogP contribution in [0.4, 0.5) is 0 Å². The lowest BCUT2D eigenvalue weighted by Gasteiger charge is -2.14. The average Bonchev–Trinajstić information content (AvgIpc) is 2.72. The van der Waals surface area contributed by atoms with E-state index in [1.807, 2.05) is 0 Å². The number of carbonyl (C=O) groups excluding carboxylic acids is 1. The summed E-state index contributed by atoms with van der Waals surface area (Å²) in [4.78, 5) is 24.5. The topological polar surface area (TPSA) is 71.1 Å². The predicted molar refractivity (Wildman–Crippen MR) is 85.8 cm³/mol. The normalized spacial score (nSPS) is 10.3. The molecule has 0 aliphatic carbocycles. The second kappa shape index (κ2) is 7.00. The quantitative estimate of drug-likeness (QED) is 0.623. The van der Waals surface area contributed by atoms with Gasteiger partial charge in [0.1, 0.15) is 0 Å². The van der Waals surface area contributed by atoms with Gasteiger partial charge in [-0.25, -0.2) is 0 Å². The molecular formula is C17H18O6. The lowest BCUT2D eigenvalue weighted by atomic mass is 10.1. The van der Waals surface area contributed by atoms with Crippen LogP contribution in [0.2, 0.25) is 0 Å². The Kier molecular flexibility index (Phi) is 5.05. The molecule has 0 bridgehead atoms. The van der Waals surface area contributed by atoms with Crippen molar-refractivity contribution < 1.29 is 23.7 Å². The largest absolute Gasteiger partial charge is 0.493 e. The summed E-state index contributed by atoms with van der Waals surface area (Å²) in [6.45, 7) is 1.66. The Bertz CT molecular complexity index is 797. The molecule has 122 valence electrons. The van der Waals surface area contributed by atoms with Gasteiger partial charge in [0.25, 0.3) is 0 Å². The molecule has 0 amide bonds. The highest BCUT2D eigenvalue weighted by atomic mass is 16.6. The number of rotatable bonds is 5. The summed E-state index contributed by atoms with van der Waals surface area (Å²) in [5, 5.41) is 0.751. The van der Waals surface area contributed by atoms with E-state index in [9.17, 15) is 9.59 Å². The molecule has 23 heavy (non-hydrogen) atoms. The van der Waals surface area contributed by atoms with Crippen LogP contribution >= 0.6 is 0 Å². The number of benzene rings is 1. The van der Waals surface area contributed by atoms with Gasteiger partial charge in [0.2, 0.25) is 11.2 Å². The Morgan fingerprint density at radius 1 is 1.00 bits per heavy atom. The fraction of sp³-hybridized carbons (Fsp3) is 0.294. The van der Waals surface area contributed by atoms with E-state index >= 15 is 0 Å². The highest BCUT2D eigenvalue weighted by molar-refractivity contribution is 5.95. The van der Waals surface area contributed by atoms with Gasteiger partial charge in [-0.15, -0.1) is 0 Å². The van der Waals surface area contributed by atoms with E-state index in [0.29, 0.717) is 11.1 Å². The first-order chi connectivity index (χ1) is 11.1. The Morgan fingerprint density at radius 3 is 2.26 bits per heavy atom. The Labute approximate surface area is 133 Å². The summed E-state index contributed by atoms with van der Waals surface area (Å²) >= 11 is 0. The van der Waals surface area contributed by atoms with Crippen LogP contribution < -0.4 is 24.4 Å². The van der Waals surface area contributed by atoms with Gasteiger partial charge < -0.3 is 18.9 Å². The SMILES string of the molecule is CCC(=O)Oc1c(OC)c(OC)cc2cccc(OC)c(=O)c12. The molecule has 0 radical (unpaired) electrons. The number of hydrogen-bond acceptors (Lipinski definition) is 6. The van der Waals surface area contributed by atoms with Gasteiger partial charge >= 0.3 is 5.97 Å². The van der Waals surface area contributed by atoms with Crippen LogP contribution in [0.25, 0.3) is 10.8 Å². The van der Waals surface area contributed by atoms with Gasteiger partial charge in [-0.3, -0.25) is 9.59 Å². The van der Waals surface area contributed by atoms with Gasteiger partial charge in [0.15, 0.2) is 17.2 Å². The molecule has 0 heterocycles. The molecule has 2 rings (SSSR count). The van der Waals surface area contributed by atoms with Crippen molar-refractivity contribution in [1.82, 2.24) is 0 Å². The van der Waals surface area contributed by atoms with Gasteiger partial charge in [-0.05, 0) is 17.5 Å². The minimum absolute atomic E-state index is 0.0354. The molecule has 0 unspecified atom stereocenters. The van der Waals surface area contributed by atoms with Gasteiger partial charge in [-0.2, -0.15) is 0 Å². The molecule has 0 saturated carbocycles. The fourth-order valence-electron chi connectivity index (χ4n) is 2.23. The summed E-state index contributed by atoms with van der Waals surface area (Å²) in [6.07, 6.45) is 0.159. The lowest BCUT2D eigenvalue weighted by molar-refractivity contribution is -0.134. The van der Waals surface area contributed by atoms with Crippen LogP contribution in [0, 0.1) is 0 Å². The standard InChI is InChI=1S/C17H18O6/c1-5-13(18)23-17-14-10(9-12(21-3)16(17)22-4)7-6-8-11(20-2)15(14)19/h6-9H,5H2,1-4H3. The maximum absolute atomic E-state index is 12.7. The van der Waals surface area contributed by atoms with Crippen molar-refractivity contribution in [3.8, 4) is 23.0 Å². The molecular weight excluding hydrogens is 300 g/mol. The van der Waals surface area contributed by atoms with Crippen molar-refractivity contribution in [1.29, 1.82) is 0 Å². The molecule has 0 spiro atoms. The molecule has 6 heteroatoms. The Morgan fingerprint density at radius 2 is 1.70 bits per heavy atom. The third-order valence-electron chi connectivity index (χ3n) is 3.36. The van der Waals surface area contributed by atoms with E-state index in [0.717, 1.165) is 0 Å². The average molecular weight is 318 g/mol. The molecule has 0 aromatic heterocycles. The van der Waals surface area contributed by atoms with Crippen molar-refractivity contribution in [2.45, 2.75) is 13.3 Å². The van der Waals surface area contributed by atoms with Crippen molar-refractivity contribution in [3.63, 3.8) is 0 Å². The zero-order chi connectivity index (χ0) is 17.0. The fourth-order valence-corrected chi connectivity index (χ4v) is 2.23. The van der Waals surface area contributed by atoms with Crippen LogP contribution in [0.15, 0.2) is 29.1 Å². The number of esters is 1. The number of ether oxygens (including phenoxy) is 4. The lowest BCUT2D eigenvalue weighted by Crippen LogP contribution is -2.11. The second-order valence-electron chi connectivity index (χ2n) is 4.66. The summed E-state index contributed by atoms with van der Waals surface area (Å²) < 4.78 is 21.0. The smallest absolute Gasteiger partial charge is 0.311 e. The van der Waals surface area contributed by atoms with Crippen molar-refractivity contribution in [2.24, 2.45) is 0 Å². The predicted octanol–water partition coefficient (Wildman–Crippen LogP) is 2.54. The summed E-state index contributed by atoms with van der Waals surface area (Å²) in [7, 11) is 4.29. The van der Waals surface area contributed by atoms with Crippen LogP contribution in [0.5, 0.6) is 23.0 Å². The van der Waals surface area contributed by atoms with E-state index in [1.54, 1.807) is 31.2 Å².